The molecule has 1 aliphatic heterocycles. The minimum absolute atomic E-state index is 0.493. The van der Waals surface area contributed by atoms with Crippen LogP contribution in [-0.4, -0.2) is 22.7 Å². The highest BCUT2D eigenvalue weighted by Crippen LogP contribution is 2.23. The smallest absolute Gasteiger partial charge is 0.215 e. The average Bonchev–Trinajstić information content (AvgIpc) is 2.44. The van der Waals surface area contributed by atoms with Gasteiger partial charge in [0.2, 0.25) is 5.88 Å². The van der Waals surface area contributed by atoms with Crippen LogP contribution in [0.25, 0.3) is 0 Å². The van der Waals surface area contributed by atoms with Gasteiger partial charge in [-0.05, 0) is 6.92 Å². The molecule has 0 unspecified atom stereocenters. The number of carbonyl (C=O) groups is 1. The maximum absolute atomic E-state index is 10.5. The summed E-state index contributed by atoms with van der Waals surface area (Å²) >= 11 is 0. The Bertz CT molecular complexity index is 317. The lowest BCUT2D eigenvalue weighted by Crippen LogP contribution is -2.14. The van der Waals surface area contributed by atoms with Crippen molar-refractivity contribution in [3.8, 4) is 5.88 Å². The fraction of sp³-hybridized carbons (Fsp3) is 0.500. The lowest BCUT2D eigenvalue weighted by Gasteiger charge is -2.14. The Kier molecular flexibility index (Phi) is 1.60. The number of aromatic nitrogens is 2. The quantitative estimate of drug-likeness (QED) is 0.579. The molecule has 0 saturated carbocycles. The van der Waals surface area contributed by atoms with Crippen molar-refractivity contribution >= 4 is 6.29 Å². The fourth-order valence-corrected chi connectivity index (χ4v) is 1.38. The molecule has 0 fully saturated rings. The van der Waals surface area contributed by atoms with E-state index in [0.29, 0.717) is 5.69 Å². The Labute approximate surface area is 70.1 Å². The van der Waals surface area contributed by atoms with Crippen molar-refractivity contribution < 1.29 is 9.53 Å². The van der Waals surface area contributed by atoms with Crippen molar-refractivity contribution in [3.05, 3.63) is 11.3 Å². The van der Waals surface area contributed by atoms with Crippen molar-refractivity contribution in [2.75, 3.05) is 6.61 Å². The Morgan fingerprint density at radius 2 is 2.50 bits per heavy atom. The van der Waals surface area contributed by atoms with E-state index in [-0.39, 0.29) is 0 Å². The number of nitrogens with zero attached hydrogens (tertiary/aromatic N) is 2. The van der Waals surface area contributed by atoms with Crippen molar-refractivity contribution in [2.24, 2.45) is 0 Å². The topological polar surface area (TPSA) is 44.1 Å². The largest absolute Gasteiger partial charge is 0.478 e. The van der Waals surface area contributed by atoms with Crippen LogP contribution < -0.4 is 4.74 Å². The predicted octanol–water partition coefficient (Wildman–Crippen LogP) is 0.787. The molecular formula is C8H10N2O2. The van der Waals surface area contributed by atoms with E-state index >= 15 is 0 Å². The van der Waals surface area contributed by atoms with E-state index in [9.17, 15) is 4.79 Å². The third-order valence-corrected chi connectivity index (χ3v) is 2.03. The summed E-state index contributed by atoms with van der Waals surface area (Å²) < 4.78 is 7.13. The number of aryl methyl sites for hydroxylation is 1. The maximum atomic E-state index is 10.5. The fourth-order valence-electron chi connectivity index (χ4n) is 1.38. The molecule has 64 valence electrons. The van der Waals surface area contributed by atoms with E-state index in [4.69, 9.17) is 4.74 Å². The molecule has 4 nitrogen and oxygen atoms in total. The molecule has 0 atom stereocenters. The van der Waals surface area contributed by atoms with Crippen LogP contribution in [0.15, 0.2) is 0 Å². The molecule has 0 spiro atoms. The molecule has 0 N–H and O–H groups in total. The van der Waals surface area contributed by atoms with E-state index in [1.807, 2.05) is 6.92 Å². The van der Waals surface area contributed by atoms with Gasteiger partial charge in [-0.2, -0.15) is 5.10 Å². The summed E-state index contributed by atoms with van der Waals surface area (Å²) in [5, 5.41) is 4.09. The number of aldehydes is 1. The molecule has 0 aliphatic carbocycles. The van der Waals surface area contributed by atoms with Crippen LogP contribution in [0.4, 0.5) is 0 Å². The Balaban J connectivity index is 2.51. The third-order valence-electron chi connectivity index (χ3n) is 2.03. The molecule has 0 amide bonds. The Morgan fingerprint density at radius 1 is 1.67 bits per heavy atom. The van der Waals surface area contributed by atoms with Gasteiger partial charge < -0.3 is 4.74 Å². The number of ether oxygens (including phenoxy) is 1. The zero-order chi connectivity index (χ0) is 8.55. The van der Waals surface area contributed by atoms with Gasteiger partial charge in [-0.3, -0.25) is 4.79 Å². The van der Waals surface area contributed by atoms with Crippen molar-refractivity contribution in [3.63, 3.8) is 0 Å². The van der Waals surface area contributed by atoms with Crippen LogP contribution in [0.2, 0.25) is 0 Å². The number of hydrogen-bond donors (Lipinski definition) is 0. The lowest BCUT2D eigenvalue weighted by atomic mass is 10.3. The predicted molar refractivity (Wildman–Crippen MR) is 42.5 cm³/mol. The van der Waals surface area contributed by atoms with Crippen molar-refractivity contribution in [1.82, 2.24) is 9.78 Å². The van der Waals surface area contributed by atoms with Crippen molar-refractivity contribution in [1.29, 1.82) is 0 Å². The van der Waals surface area contributed by atoms with Crippen LogP contribution in [0.3, 0.4) is 0 Å². The molecule has 0 bridgehead atoms. The van der Waals surface area contributed by atoms with E-state index in [1.165, 1.54) is 0 Å². The second-order valence-corrected chi connectivity index (χ2v) is 2.86. The summed E-state index contributed by atoms with van der Waals surface area (Å²) in [5.74, 6) is 0.753. The monoisotopic (exact) mass is 166 g/mol. The second kappa shape index (κ2) is 2.62. The number of fused-ring (bicyclic) bond motifs is 1. The molecule has 1 aromatic heterocycles. The average molecular weight is 166 g/mol. The van der Waals surface area contributed by atoms with Gasteiger partial charge in [0.05, 0.1) is 6.61 Å². The molecular weight excluding hydrogens is 156 g/mol. The van der Waals surface area contributed by atoms with Crippen molar-refractivity contribution in [2.45, 2.75) is 19.9 Å². The Hall–Kier alpha value is -1.32. The first-order valence-electron chi connectivity index (χ1n) is 3.98. The summed E-state index contributed by atoms with van der Waals surface area (Å²) in [6, 6.07) is 0. The molecule has 2 heterocycles. The minimum Gasteiger partial charge on any atom is -0.478 e. The highest BCUT2D eigenvalue weighted by molar-refractivity contribution is 5.75. The molecule has 12 heavy (non-hydrogen) atoms. The molecule has 0 aromatic carbocycles. The zero-order valence-corrected chi connectivity index (χ0v) is 6.91. The van der Waals surface area contributed by atoms with Crippen LogP contribution in [0, 0.1) is 6.92 Å². The standard InChI is InChI=1S/C8H10N2O2/c1-6-7(5-11)9-10-3-2-4-12-8(6)10/h5H,2-4H2,1H3. The van der Waals surface area contributed by atoms with Gasteiger partial charge in [0.1, 0.15) is 5.69 Å². The minimum atomic E-state index is 0.493. The Morgan fingerprint density at radius 3 is 3.17 bits per heavy atom. The summed E-state index contributed by atoms with van der Waals surface area (Å²) in [5.41, 5.74) is 1.34. The number of rotatable bonds is 1. The van der Waals surface area contributed by atoms with Gasteiger partial charge in [-0.1, -0.05) is 0 Å². The maximum Gasteiger partial charge on any atom is 0.215 e. The molecule has 1 aliphatic rings. The summed E-state index contributed by atoms with van der Waals surface area (Å²) in [6.07, 6.45) is 1.73. The lowest BCUT2D eigenvalue weighted by molar-refractivity contribution is 0.111. The zero-order valence-electron chi connectivity index (χ0n) is 6.91. The SMILES string of the molecule is Cc1c(C=O)nn2c1OCCC2. The summed E-state index contributed by atoms with van der Waals surface area (Å²) in [6.45, 7) is 3.43. The molecule has 0 saturated heterocycles. The summed E-state index contributed by atoms with van der Waals surface area (Å²) in [7, 11) is 0. The normalized spacial score (nSPS) is 15.1. The van der Waals surface area contributed by atoms with Crippen LogP contribution in [0.1, 0.15) is 22.5 Å². The van der Waals surface area contributed by atoms with Crippen LogP contribution in [0.5, 0.6) is 5.88 Å². The first-order valence-corrected chi connectivity index (χ1v) is 3.98. The van der Waals surface area contributed by atoms with Gasteiger partial charge in [-0.15, -0.1) is 0 Å². The van der Waals surface area contributed by atoms with E-state index < -0.39 is 0 Å². The van der Waals surface area contributed by atoms with Gasteiger partial charge in [0.15, 0.2) is 6.29 Å². The van der Waals surface area contributed by atoms with Gasteiger partial charge in [0, 0.05) is 18.5 Å². The molecule has 1 aromatic rings. The van der Waals surface area contributed by atoms with Gasteiger partial charge >= 0.3 is 0 Å². The van der Waals surface area contributed by atoms with E-state index in [1.54, 1.807) is 4.68 Å². The molecule has 0 radical (unpaired) electrons. The molecule has 2 rings (SSSR count). The first kappa shape index (κ1) is 7.34. The highest BCUT2D eigenvalue weighted by Gasteiger charge is 2.17. The molecule has 4 heteroatoms. The van der Waals surface area contributed by atoms with Gasteiger partial charge in [0.25, 0.3) is 0 Å². The van der Waals surface area contributed by atoms with Crippen LogP contribution in [-0.2, 0) is 6.54 Å². The number of carbonyl (C=O) groups excluding carboxylic acids is 1. The van der Waals surface area contributed by atoms with E-state index in [2.05, 4.69) is 5.10 Å². The highest BCUT2D eigenvalue weighted by atomic mass is 16.5. The summed E-state index contributed by atoms with van der Waals surface area (Å²) in [4.78, 5) is 10.5. The first-order chi connectivity index (χ1) is 5.83. The number of hydrogen-bond acceptors (Lipinski definition) is 3. The second-order valence-electron chi connectivity index (χ2n) is 2.86. The third kappa shape index (κ3) is 0.913. The van der Waals surface area contributed by atoms with Gasteiger partial charge in [-0.25, -0.2) is 4.68 Å². The van der Waals surface area contributed by atoms with Crippen LogP contribution >= 0.6 is 0 Å². The van der Waals surface area contributed by atoms with E-state index in [0.717, 1.165) is 37.3 Å².